The fraction of sp³-hybridized carbons (Fsp3) is 0.625. The zero-order valence-corrected chi connectivity index (χ0v) is 11.5. The highest BCUT2D eigenvalue weighted by atomic mass is 16.3. The number of rotatable bonds is 3. The molecule has 0 saturated carbocycles. The third-order valence-corrected chi connectivity index (χ3v) is 4.23. The van der Waals surface area contributed by atoms with Crippen molar-refractivity contribution in [3.63, 3.8) is 0 Å². The number of likely N-dealkylation sites (tertiary alicyclic amines) is 1. The monoisotopic (exact) mass is 247 g/mol. The Morgan fingerprint density at radius 3 is 2.61 bits per heavy atom. The summed E-state index contributed by atoms with van der Waals surface area (Å²) in [5.41, 5.74) is 1.03. The molecule has 0 amide bonds. The molecule has 0 aromatic heterocycles. The van der Waals surface area contributed by atoms with Crippen LogP contribution in [0.4, 0.5) is 0 Å². The van der Waals surface area contributed by atoms with Crippen molar-refractivity contribution in [2.24, 2.45) is 0 Å². The maximum Gasteiger partial charge on any atom is 0.0942 e. The van der Waals surface area contributed by atoms with Gasteiger partial charge in [0.15, 0.2) is 0 Å². The van der Waals surface area contributed by atoms with Crippen LogP contribution in [0.15, 0.2) is 30.3 Å². The molecule has 3 atom stereocenters. The van der Waals surface area contributed by atoms with E-state index in [1.54, 1.807) is 0 Å². The molecule has 1 heterocycles. The van der Waals surface area contributed by atoms with Crippen LogP contribution in [0.3, 0.4) is 0 Å². The van der Waals surface area contributed by atoms with Crippen molar-refractivity contribution >= 4 is 0 Å². The second kappa shape index (κ2) is 6.35. The number of hydrogen-bond donors (Lipinski definition) is 1. The van der Waals surface area contributed by atoms with Gasteiger partial charge in [-0.15, -0.1) is 0 Å². The van der Waals surface area contributed by atoms with Gasteiger partial charge < -0.3 is 5.11 Å². The van der Waals surface area contributed by atoms with Crippen LogP contribution in [-0.4, -0.2) is 28.6 Å². The molecule has 2 rings (SSSR count). The quantitative estimate of drug-likeness (QED) is 0.885. The molecule has 3 unspecified atom stereocenters. The standard InChI is InChI=1S/C16H25NO/c1-13-9-5-4-8-12-17(13)14(2)16(18)15-10-6-3-7-11-15/h3,6-7,10-11,13-14,16,18H,4-5,8-9,12H2,1-2H3. The lowest BCUT2D eigenvalue weighted by Crippen LogP contribution is -2.43. The molecule has 1 aliphatic rings. The number of aliphatic hydroxyl groups is 1. The zero-order chi connectivity index (χ0) is 13.0. The Morgan fingerprint density at radius 2 is 1.89 bits per heavy atom. The largest absolute Gasteiger partial charge is 0.387 e. The summed E-state index contributed by atoms with van der Waals surface area (Å²) in [4.78, 5) is 2.48. The molecule has 0 aliphatic carbocycles. The first-order chi connectivity index (χ1) is 8.70. The summed E-state index contributed by atoms with van der Waals surface area (Å²) in [6.07, 6.45) is 4.79. The molecule has 1 aromatic rings. The van der Waals surface area contributed by atoms with E-state index in [1.807, 2.05) is 30.3 Å². The highest BCUT2D eigenvalue weighted by molar-refractivity contribution is 5.18. The number of aliphatic hydroxyl groups excluding tert-OH is 1. The Hall–Kier alpha value is -0.860. The van der Waals surface area contributed by atoms with Crippen LogP contribution in [0.5, 0.6) is 0 Å². The first-order valence-corrected chi connectivity index (χ1v) is 7.19. The van der Waals surface area contributed by atoms with E-state index in [-0.39, 0.29) is 12.1 Å². The smallest absolute Gasteiger partial charge is 0.0942 e. The van der Waals surface area contributed by atoms with E-state index in [9.17, 15) is 5.11 Å². The van der Waals surface area contributed by atoms with E-state index in [4.69, 9.17) is 0 Å². The van der Waals surface area contributed by atoms with Gasteiger partial charge in [-0.1, -0.05) is 43.2 Å². The molecule has 1 aromatic carbocycles. The fourth-order valence-corrected chi connectivity index (χ4v) is 3.01. The van der Waals surface area contributed by atoms with E-state index in [0.29, 0.717) is 6.04 Å². The third kappa shape index (κ3) is 3.12. The van der Waals surface area contributed by atoms with Crippen molar-refractivity contribution in [3.05, 3.63) is 35.9 Å². The first kappa shape index (κ1) is 13.6. The molecular formula is C16H25NO. The average molecular weight is 247 g/mol. The van der Waals surface area contributed by atoms with Crippen LogP contribution in [0, 0.1) is 0 Å². The summed E-state index contributed by atoms with van der Waals surface area (Å²) in [6, 6.07) is 10.8. The van der Waals surface area contributed by atoms with Crippen LogP contribution in [0.25, 0.3) is 0 Å². The Balaban J connectivity index is 2.07. The summed E-state index contributed by atoms with van der Waals surface area (Å²) in [6.45, 7) is 5.56. The fourth-order valence-electron chi connectivity index (χ4n) is 3.01. The third-order valence-electron chi connectivity index (χ3n) is 4.23. The number of benzene rings is 1. The molecular weight excluding hydrogens is 222 g/mol. The molecule has 1 N–H and O–H groups in total. The maximum atomic E-state index is 10.5. The number of hydrogen-bond acceptors (Lipinski definition) is 2. The molecule has 0 radical (unpaired) electrons. The van der Waals surface area contributed by atoms with E-state index >= 15 is 0 Å². The molecule has 0 bridgehead atoms. The minimum atomic E-state index is -0.383. The Morgan fingerprint density at radius 1 is 1.17 bits per heavy atom. The molecule has 100 valence electrons. The van der Waals surface area contributed by atoms with Gasteiger partial charge in [0.25, 0.3) is 0 Å². The van der Waals surface area contributed by atoms with Crippen molar-refractivity contribution in [1.29, 1.82) is 0 Å². The second-order valence-corrected chi connectivity index (χ2v) is 5.53. The summed E-state index contributed by atoms with van der Waals surface area (Å²) < 4.78 is 0. The lowest BCUT2D eigenvalue weighted by molar-refractivity contribution is 0.0377. The molecule has 18 heavy (non-hydrogen) atoms. The van der Waals surface area contributed by atoms with E-state index < -0.39 is 0 Å². The Bertz CT molecular complexity index is 351. The van der Waals surface area contributed by atoms with Crippen molar-refractivity contribution in [2.75, 3.05) is 6.54 Å². The van der Waals surface area contributed by atoms with Gasteiger partial charge in [0, 0.05) is 12.1 Å². The van der Waals surface area contributed by atoms with Gasteiger partial charge in [-0.3, -0.25) is 4.90 Å². The molecule has 1 fully saturated rings. The van der Waals surface area contributed by atoms with Crippen LogP contribution >= 0.6 is 0 Å². The average Bonchev–Trinajstić information content (AvgIpc) is 2.63. The predicted octanol–water partition coefficient (Wildman–Crippen LogP) is 3.37. The first-order valence-electron chi connectivity index (χ1n) is 7.19. The molecule has 1 saturated heterocycles. The number of nitrogens with zero attached hydrogens (tertiary/aromatic N) is 1. The molecule has 1 aliphatic heterocycles. The normalized spacial score (nSPS) is 25.4. The van der Waals surface area contributed by atoms with Crippen molar-refractivity contribution in [2.45, 2.75) is 57.7 Å². The van der Waals surface area contributed by atoms with Gasteiger partial charge in [-0.05, 0) is 38.8 Å². The lowest BCUT2D eigenvalue weighted by atomic mass is 10.0. The summed E-state index contributed by atoms with van der Waals surface area (Å²) in [5, 5.41) is 10.5. The Labute approximate surface area is 111 Å². The van der Waals surface area contributed by atoms with E-state index in [1.165, 1.54) is 25.7 Å². The van der Waals surface area contributed by atoms with Crippen molar-refractivity contribution < 1.29 is 5.11 Å². The molecule has 2 nitrogen and oxygen atoms in total. The van der Waals surface area contributed by atoms with Crippen LogP contribution in [-0.2, 0) is 0 Å². The second-order valence-electron chi connectivity index (χ2n) is 5.53. The molecule has 0 spiro atoms. The van der Waals surface area contributed by atoms with Crippen LogP contribution in [0.1, 0.15) is 51.2 Å². The van der Waals surface area contributed by atoms with Gasteiger partial charge in [0.05, 0.1) is 6.10 Å². The van der Waals surface area contributed by atoms with E-state index in [2.05, 4.69) is 18.7 Å². The maximum absolute atomic E-state index is 10.5. The van der Waals surface area contributed by atoms with Gasteiger partial charge in [-0.2, -0.15) is 0 Å². The zero-order valence-electron chi connectivity index (χ0n) is 11.5. The highest BCUT2D eigenvalue weighted by Gasteiger charge is 2.27. The highest BCUT2D eigenvalue weighted by Crippen LogP contribution is 2.26. The topological polar surface area (TPSA) is 23.5 Å². The van der Waals surface area contributed by atoms with E-state index in [0.717, 1.165) is 12.1 Å². The summed E-state index contributed by atoms with van der Waals surface area (Å²) in [5.74, 6) is 0. The van der Waals surface area contributed by atoms with Gasteiger partial charge in [0.1, 0.15) is 0 Å². The lowest BCUT2D eigenvalue weighted by Gasteiger charge is -2.36. The van der Waals surface area contributed by atoms with Crippen LogP contribution in [0.2, 0.25) is 0 Å². The summed E-state index contributed by atoms with van der Waals surface area (Å²) >= 11 is 0. The SMILES string of the molecule is CC1CCCCCN1C(C)C(O)c1ccccc1. The van der Waals surface area contributed by atoms with Crippen molar-refractivity contribution in [1.82, 2.24) is 4.90 Å². The predicted molar refractivity (Wildman–Crippen MR) is 75.5 cm³/mol. The minimum absolute atomic E-state index is 0.195. The van der Waals surface area contributed by atoms with Gasteiger partial charge in [0.2, 0.25) is 0 Å². The summed E-state index contributed by atoms with van der Waals surface area (Å²) in [7, 11) is 0. The van der Waals surface area contributed by atoms with Gasteiger partial charge in [-0.25, -0.2) is 0 Å². The Kier molecular flexibility index (Phi) is 4.79. The van der Waals surface area contributed by atoms with Gasteiger partial charge >= 0.3 is 0 Å². The minimum Gasteiger partial charge on any atom is -0.387 e. The molecule has 2 heteroatoms. The van der Waals surface area contributed by atoms with Crippen molar-refractivity contribution in [3.8, 4) is 0 Å². The van der Waals surface area contributed by atoms with Crippen LogP contribution < -0.4 is 0 Å².